The molecule has 0 aliphatic heterocycles. The first-order valence-electron chi connectivity index (χ1n) is 10.0. The third-order valence-electron chi connectivity index (χ3n) is 4.48. The van der Waals surface area contributed by atoms with Crippen LogP contribution in [0.5, 0.6) is 17.2 Å². The highest BCUT2D eigenvalue weighted by molar-refractivity contribution is 5.99. The van der Waals surface area contributed by atoms with Crippen LogP contribution >= 0.6 is 0 Å². The van der Waals surface area contributed by atoms with Crippen LogP contribution in [0.4, 0.5) is 5.82 Å². The summed E-state index contributed by atoms with van der Waals surface area (Å²) in [5.41, 5.74) is 1.71. The second-order valence-corrected chi connectivity index (χ2v) is 6.67. The summed E-state index contributed by atoms with van der Waals surface area (Å²) in [6.45, 7) is 2.97. The molecule has 10 nitrogen and oxygen atoms in total. The number of methoxy groups -OCH3 is 4. The zero-order chi connectivity index (χ0) is 23.5. The van der Waals surface area contributed by atoms with Crippen molar-refractivity contribution in [3.05, 3.63) is 29.8 Å². The molecule has 0 bridgehead atoms. The van der Waals surface area contributed by atoms with E-state index in [9.17, 15) is 9.59 Å². The first kappa shape index (κ1) is 24.7. The lowest BCUT2D eigenvalue weighted by Crippen LogP contribution is -2.34. The van der Waals surface area contributed by atoms with E-state index in [0.29, 0.717) is 60.6 Å². The minimum absolute atomic E-state index is 0.155. The van der Waals surface area contributed by atoms with Crippen LogP contribution in [0.25, 0.3) is 11.3 Å². The second kappa shape index (κ2) is 12.4. The number of rotatable bonds is 12. The Labute approximate surface area is 187 Å². The van der Waals surface area contributed by atoms with Crippen LogP contribution in [0.15, 0.2) is 24.3 Å². The molecule has 0 aliphatic rings. The Morgan fingerprint density at radius 2 is 1.56 bits per heavy atom. The van der Waals surface area contributed by atoms with Gasteiger partial charge in [0.05, 0.1) is 39.2 Å². The quantitative estimate of drug-likeness (QED) is 0.422. The normalized spacial score (nSPS) is 10.3. The first-order chi connectivity index (χ1) is 15.4. The molecule has 174 valence electrons. The number of nitrogens with zero attached hydrogens (tertiary/aromatic N) is 1. The number of hydrogen-bond acceptors (Lipinski definition) is 8. The minimum Gasteiger partial charge on any atom is -0.493 e. The Balaban J connectivity index is 2.36. The highest BCUT2D eigenvalue weighted by atomic mass is 16.5. The first-order valence-corrected chi connectivity index (χ1v) is 10.0. The van der Waals surface area contributed by atoms with Gasteiger partial charge in [-0.15, -0.1) is 0 Å². The number of nitrogens with one attached hydrogen (secondary N) is 3. The number of carbonyl (C=O) groups is 2. The van der Waals surface area contributed by atoms with Crippen LogP contribution in [0, 0.1) is 0 Å². The van der Waals surface area contributed by atoms with Crippen molar-refractivity contribution in [3.8, 4) is 28.5 Å². The fraction of sp³-hybridized carbons (Fsp3) is 0.409. The molecule has 0 atom stereocenters. The molecule has 1 aromatic carbocycles. The van der Waals surface area contributed by atoms with Gasteiger partial charge in [0.2, 0.25) is 11.7 Å². The summed E-state index contributed by atoms with van der Waals surface area (Å²) in [5.74, 6) is 1.42. The van der Waals surface area contributed by atoms with Gasteiger partial charge >= 0.3 is 0 Å². The minimum atomic E-state index is -0.306. The van der Waals surface area contributed by atoms with E-state index in [1.807, 2.05) is 0 Å². The van der Waals surface area contributed by atoms with E-state index in [2.05, 4.69) is 20.9 Å². The number of aromatic nitrogens is 1. The summed E-state index contributed by atoms with van der Waals surface area (Å²) in [6.07, 6.45) is 0. The molecule has 0 fully saturated rings. The predicted octanol–water partition coefficient (Wildman–Crippen LogP) is 1.70. The molecular formula is C22H30N4O6. The zero-order valence-corrected chi connectivity index (χ0v) is 19.0. The summed E-state index contributed by atoms with van der Waals surface area (Å²) < 4.78 is 21.3. The van der Waals surface area contributed by atoms with Crippen molar-refractivity contribution in [1.29, 1.82) is 0 Å². The molecule has 0 saturated heterocycles. The lowest BCUT2D eigenvalue weighted by Gasteiger charge is -2.16. The van der Waals surface area contributed by atoms with E-state index in [4.69, 9.17) is 18.9 Å². The van der Waals surface area contributed by atoms with Gasteiger partial charge in [-0.2, -0.15) is 0 Å². The Morgan fingerprint density at radius 3 is 2.12 bits per heavy atom. The van der Waals surface area contributed by atoms with Crippen molar-refractivity contribution >= 4 is 17.6 Å². The molecule has 0 aliphatic carbocycles. The van der Waals surface area contributed by atoms with Crippen LogP contribution < -0.4 is 30.2 Å². The molecule has 2 rings (SSSR count). The van der Waals surface area contributed by atoms with Crippen LogP contribution in [0.3, 0.4) is 0 Å². The summed E-state index contributed by atoms with van der Waals surface area (Å²) in [5, 5.41) is 8.55. The molecule has 3 N–H and O–H groups in total. The van der Waals surface area contributed by atoms with E-state index in [1.54, 1.807) is 45.6 Å². The molecule has 0 radical (unpaired) electrons. The van der Waals surface area contributed by atoms with Gasteiger partial charge < -0.3 is 34.9 Å². The average Bonchev–Trinajstić information content (AvgIpc) is 2.80. The third-order valence-corrected chi connectivity index (χ3v) is 4.48. The molecule has 0 saturated carbocycles. The topological polar surface area (TPSA) is 120 Å². The van der Waals surface area contributed by atoms with Gasteiger partial charge in [-0.1, -0.05) is 0 Å². The summed E-state index contributed by atoms with van der Waals surface area (Å²) in [7, 11) is 6.22. The summed E-state index contributed by atoms with van der Waals surface area (Å²) in [4.78, 5) is 28.3. The van der Waals surface area contributed by atoms with E-state index in [0.717, 1.165) is 5.56 Å². The second-order valence-electron chi connectivity index (χ2n) is 6.67. The third kappa shape index (κ3) is 6.48. The van der Waals surface area contributed by atoms with Crippen molar-refractivity contribution in [2.75, 3.05) is 60.0 Å². The van der Waals surface area contributed by atoms with E-state index >= 15 is 0 Å². The van der Waals surface area contributed by atoms with Gasteiger partial charge in [-0.05, 0) is 24.3 Å². The standard InChI is InChI=1S/C22H30N4O6/c1-14(27)23-8-9-25-22(28)16-6-7-17(26-21(16)24-10-11-29-2)15-12-18(30-3)20(32-5)19(13-15)31-4/h6-7,12-13H,8-11H2,1-5H3,(H,23,27)(H,24,26)(H,25,28). The Kier molecular flexibility index (Phi) is 9.55. The molecule has 10 heteroatoms. The molecule has 2 aromatic rings. The monoisotopic (exact) mass is 446 g/mol. The molecule has 0 spiro atoms. The highest BCUT2D eigenvalue weighted by Crippen LogP contribution is 2.41. The number of benzene rings is 1. The van der Waals surface area contributed by atoms with Gasteiger partial charge in [0.15, 0.2) is 11.5 Å². The van der Waals surface area contributed by atoms with Crippen LogP contribution in [-0.2, 0) is 9.53 Å². The number of carbonyl (C=O) groups excluding carboxylic acids is 2. The van der Waals surface area contributed by atoms with Gasteiger partial charge in [0, 0.05) is 39.2 Å². The maximum atomic E-state index is 12.7. The Hall–Kier alpha value is -3.53. The van der Waals surface area contributed by atoms with Gasteiger partial charge in [0.25, 0.3) is 5.91 Å². The number of ether oxygens (including phenoxy) is 4. The molecule has 1 aromatic heterocycles. The molecular weight excluding hydrogens is 416 g/mol. The fourth-order valence-corrected chi connectivity index (χ4v) is 2.95. The Bertz CT molecular complexity index is 910. The molecule has 2 amide bonds. The number of anilines is 1. The maximum absolute atomic E-state index is 12.7. The smallest absolute Gasteiger partial charge is 0.255 e. The summed E-state index contributed by atoms with van der Waals surface area (Å²) in [6, 6.07) is 7.00. The lowest BCUT2D eigenvalue weighted by molar-refractivity contribution is -0.118. The Morgan fingerprint density at radius 1 is 0.906 bits per heavy atom. The average molecular weight is 447 g/mol. The van der Waals surface area contributed by atoms with Crippen molar-refractivity contribution in [2.45, 2.75) is 6.92 Å². The molecule has 1 heterocycles. The number of hydrogen-bond donors (Lipinski definition) is 3. The maximum Gasteiger partial charge on any atom is 0.255 e. The zero-order valence-electron chi connectivity index (χ0n) is 19.0. The lowest BCUT2D eigenvalue weighted by atomic mass is 10.1. The van der Waals surface area contributed by atoms with Crippen LogP contribution in [0.1, 0.15) is 17.3 Å². The molecule has 32 heavy (non-hydrogen) atoms. The molecule has 0 unspecified atom stereocenters. The fourth-order valence-electron chi connectivity index (χ4n) is 2.95. The van der Waals surface area contributed by atoms with Crippen molar-refractivity contribution in [2.24, 2.45) is 0 Å². The highest BCUT2D eigenvalue weighted by Gasteiger charge is 2.18. The number of pyridine rings is 1. The van der Waals surface area contributed by atoms with Crippen molar-refractivity contribution in [3.63, 3.8) is 0 Å². The van der Waals surface area contributed by atoms with Crippen LogP contribution in [-0.4, -0.2) is 71.5 Å². The van der Waals surface area contributed by atoms with Gasteiger partial charge in [-0.3, -0.25) is 9.59 Å². The summed E-state index contributed by atoms with van der Waals surface area (Å²) >= 11 is 0. The SMILES string of the molecule is COCCNc1nc(-c2cc(OC)c(OC)c(OC)c2)ccc1C(=O)NCCNC(C)=O. The van der Waals surface area contributed by atoms with E-state index in [-0.39, 0.29) is 11.8 Å². The van der Waals surface area contributed by atoms with Gasteiger partial charge in [-0.25, -0.2) is 4.98 Å². The van der Waals surface area contributed by atoms with E-state index in [1.165, 1.54) is 14.0 Å². The number of amides is 2. The van der Waals surface area contributed by atoms with Crippen LogP contribution in [0.2, 0.25) is 0 Å². The van der Waals surface area contributed by atoms with Crippen molar-refractivity contribution < 1.29 is 28.5 Å². The van der Waals surface area contributed by atoms with Crippen molar-refractivity contribution in [1.82, 2.24) is 15.6 Å². The van der Waals surface area contributed by atoms with E-state index < -0.39 is 0 Å². The predicted molar refractivity (Wildman–Crippen MR) is 121 cm³/mol. The van der Waals surface area contributed by atoms with Gasteiger partial charge in [0.1, 0.15) is 5.82 Å². The largest absolute Gasteiger partial charge is 0.493 e.